The second-order valence-electron chi connectivity index (χ2n) is 20.0. The quantitative estimate of drug-likeness (QED) is 0.0611. The molecule has 0 amide bonds. The summed E-state index contributed by atoms with van der Waals surface area (Å²) in [4.78, 5) is 25.1. The van der Waals surface area contributed by atoms with Gasteiger partial charge in [0.15, 0.2) is 0 Å². The van der Waals surface area contributed by atoms with Gasteiger partial charge in [-0.3, -0.25) is 0 Å². The van der Waals surface area contributed by atoms with Crippen LogP contribution in [0, 0.1) is 13.8 Å². The fourth-order valence-corrected chi connectivity index (χ4v) is 11.3. The molecule has 0 saturated heterocycles. The van der Waals surface area contributed by atoms with Gasteiger partial charge >= 0.3 is 337 Å². The van der Waals surface area contributed by atoms with Crippen LogP contribution in [0.15, 0.2) is 30.3 Å². The van der Waals surface area contributed by atoms with Gasteiger partial charge in [-0.1, -0.05) is 13.8 Å². The monoisotopic (exact) mass is 797 g/mol. The van der Waals surface area contributed by atoms with Crippen molar-refractivity contribution in [2.45, 2.75) is 247 Å². The predicted octanol–water partition coefficient (Wildman–Crippen LogP) is 17.1. The van der Waals surface area contributed by atoms with Crippen molar-refractivity contribution in [3.8, 4) is 5.75 Å². The summed E-state index contributed by atoms with van der Waals surface area (Å²) in [6.07, 6.45) is 30.2. The standard InChI is InChI=1S/C52H93O3P/c1-12-15-17-19-21-23-25-27-29-31-33-38-56(53,54,39-34-32-30-28-26-24-22-20-18-16-13-2)55-50-40-44(5)48(42-49(50)52(9,10)11)46(35-14-3)47-41-45(51(6,7)8)37-36-43(47)4/h36-37,40-42,46,53-54H,12-35,38-39H2,1-11H3. The van der Waals surface area contributed by atoms with Crippen molar-refractivity contribution < 1.29 is 14.3 Å². The summed E-state index contributed by atoms with van der Waals surface area (Å²) in [6, 6.07) is 11.6. The zero-order valence-electron chi connectivity index (χ0n) is 39.1. The van der Waals surface area contributed by atoms with Crippen LogP contribution in [0.3, 0.4) is 0 Å². The minimum absolute atomic E-state index is 0.0779. The van der Waals surface area contributed by atoms with Crippen LogP contribution in [0.4, 0.5) is 0 Å². The average Bonchev–Trinajstić information content (AvgIpc) is 3.11. The van der Waals surface area contributed by atoms with Gasteiger partial charge < -0.3 is 0 Å². The third kappa shape index (κ3) is 18.7. The van der Waals surface area contributed by atoms with Crippen molar-refractivity contribution in [3.63, 3.8) is 0 Å². The first-order chi connectivity index (χ1) is 26.4. The Hall–Kier alpha value is -1.41. The topological polar surface area (TPSA) is 49.7 Å². The molecule has 0 aliphatic carbocycles. The van der Waals surface area contributed by atoms with E-state index in [1.54, 1.807) is 0 Å². The third-order valence-corrected chi connectivity index (χ3v) is 15.4. The predicted molar refractivity (Wildman–Crippen MR) is 251 cm³/mol. The second-order valence-corrected chi connectivity index (χ2v) is 23.7. The van der Waals surface area contributed by atoms with Crippen LogP contribution in [0.2, 0.25) is 0 Å². The molecular formula is C52H93O3P. The van der Waals surface area contributed by atoms with Gasteiger partial charge in [0, 0.05) is 0 Å². The molecule has 1 atom stereocenters. The molecular weight excluding hydrogens is 704 g/mol. The van der Waals surface area contributed by atoms with E-state index in [1.807, 2.05) is 0 Å². The van der Waals surface area contributed by atoms with E-state index in [9.17, 15) is 9.79 Å². The van der Waals surface area contributed by atoms with Crippen LogP contribution in [0.1, 0.15) is 256 Å². The SMILES string of the molecule is CCCCCCCCCCCCCP(O)(O)(CCCCCCCCCCCCC)Oc1cc(C)c(C(CCC)c2cc(C(C)(C)C)ccc2C)cc1C(C)(C)C. The Bertz CT molecular complexity index is 1330. The maximum atomic E-state index is 12.5. The number of hydrogen-bond donors (Lipinski definition) is 2. The Balaban J connectivity index is 2.31. The molecule has 0 heterocycles. The van der Waals surface area contributed by atoms with E-state index in [4.69, 9.17) is 4.52 Å². The molecule has 0 aromatic heterocycles. The summed E-state index contributed by atoms with van der Waals surface area (Å²) in [5.41, 5.74) is 7.56. The molecule has 324 valence electrons. The molecule has 0 aliphatic heterocycles. The van der Waals surface area contributed by atoms with E-state index in [2.05, 4.69) is 106 Å². The summed E-state index contributed by atoms with van der Waals surface area (Å²) in [5, 5.41) is 0. The normalized spacial score (nSPS) is 13.8. The Morgan fingerprint density at radius 2 is 0.911 bits per heavy atom. The molecule has 1 unspecified atom stereocenters. The van der Waals surface area contributed by atoms with Gasteiger partial charge in [0.25, 0.3) is 0 Å². The Kier molecular flexibility index (Phi) is 22.9. The molecule has 2 N–H and O–H groups in total. The molecule has 56 heavy (non-hydrogen) atoms. The molecule has 2 rings (SSSR count). The molecule has 2 aromatic rings. The molecule has 0 fully saturated rings. The van der Waals surface area contributed by atoms with Crippen LogP contribution in [-0.2, 0) is 10.8 Å². The van der Waals surface area contributed by atoms with Crippen molar-refractivity contribution in [1.82, 2.24) is 0 Å². The average molecular weight is 797 g/mol. The summed E-state index contributed by atoms with van der Waals surface area (Å²) >= 11 is 0. The molecule has 0 bridgehead atoms. The van der Waals surface area contributed by atoms with Gasteiger partial charge in [0.2, 0.25) is 0 Å². The molecule has 4 heteroatoms. The van der Waals surface area contributed by atoms with Gasteiger partial charge in [-0.2, -0.15) is 0 Å². The van der Waals surface area contributed by atoms with Gasteiger partial charge in [-0.05, 0) is 0 Å². The van der Waals surface area contributed by atoms with Crippen LogP contribution in [-0.4, -0.2) is 22.1 Å². The summed E-state index contributed by atoms with van der Waals surface area (Å²) in [5.74, 6) is 0.951. The number of rotatable bonds is 30. The van der Waals surface area contributed by atoms with Crippen LogP contribution < -0.4 is 4.52 Å². The molecule has 0 saturated carbocycles. The molecule has 0 spiro atoms. The second kappa shape index (κ2) is 25.3. The fourth-order valence-electron chi connectivity index (χ4n) is 8.60. The first kappa shape index (κ1) is 50.7. The molecule has 0 radical (unpaired) electrons. The van der Waals surface area contributed by atoms with Crippen molar-refractivity contribution in [2.24, 2.45) is 0 Å². The van der Waals surface area contributed by atoms with E-state index < -0.39 is 7.28 Å². The van der Waals surface area contributed by atoms with E-state index in [0.717, 1.165) is 56.9 Å². The van der Waals surface area contributed by atoms with Gasteiger partial charge in [-0.25, -0.2) is 0 Å². The summed E-state index contributed by atoms with van der Waals surface area (Å²) in [6.45, 7) is 24.9. The van der Waals surface area contributed by atoms with E-state index in [1.165, 1.54) is 131 Å². The zero-order chi connectivity index (χ0) is 41.7. The Morgan fingerprint density at radius 3 is 1.30 bits per heavy atom. The minimum atomic E-state index is -4.48. The fraction of sp³-hybridized carbons (Fsp3) is 0.769. The molecule has 3 nitrogen and oxygen atoms in total. The van der Waals surface area contributed by atoms with Crippen LogP contribution in [0.5, 0.6) is 5.75 Å². The maximum absolute atomic E-state index is 12.5. The first-order valence-electron chi connectivity index (χ1n) is 23.9. The van der Waals surface area contributed by atoms with Crippen molar-refractivity contribution in [3.05, 3.63) is 63.7 Å². The van der Waals surface area contributed by atoms with E-state index in [-0.39, 0.29) is 16.7 Å². The summed E-state index contributed by atoms with van der Waals surface area (Å²) < 4.78 is 6.84. The number of aryl methyl sites for hydroxylation is 2. The number of hydrogen-bond acceptors (Lipinski definition) is 3. The first-order valence-corrected chi connectivity index (χ1v) is 26.3. The van der Waals surface area contributed by atoms with Crippen molar-refractivity contribution in [2.75, 3.05) is 12.3 Å². The van der Waals surface area contributed by atoms with E-state index >= 15 is 0 Å². The Morgan fingerprint density at radius 1 is 0.500 bits per heavy atom. The van der Waals surface area contributed by atoms with Crippen molar-refractivity contribution in [1.29, 1.82) is 0 Å². The number of benzene rings is 2. The summed E-state index contributed by atoms with van der Waals surface area (Å²) in [7, 11) is -4.48. The van der Waals surface area contributed by atoms with Gasteiger partial charge in [0.1, 0.15) is 0 Å². The molecule has 0 aliphatic rings. The van der Waals surface area contributed by atoms with Gasteiger partial charge in [-0.15, -0.1) is 0 Å². The molecule has 2 aromatic carbocycles. The third-order valence-electron chi connectivity index (χ3n) is 12.4. The van der Waals surface area contributed by atoms with Crippen molar-refractivity contribution >= 4 is 7.28 Å². The Labute approximate surface area is 349 Å². The van der Waals surface area contributed by atoms with Gasteiger partial charge in [0.05, 0.1) is 0 Å². The van der Waals surface area contributed by atoms with E-state index in [0.29, 0.717) is 18.1 Å². The number of unbranched alkanes of at least 4 members (excludes halogenated alkanes) is 20. The zero-order valence-corrected chi connectivity index (χ0v) is 40.0. The van der Waals surface area contributed by atoms with Crippen LogP contribution >= 0.6 is 7.28 Å². The van der Waals surface area contributed by atoms with Crippen LogP contribution in [0.25, 0.3) is 0 Å².